The molecule has 154 valence electrons. The molecule has 0 spiro atoms. The first-order valence-electron chi connectivity index (χ1n) is 9.81. The Hall–Kier alpha value is -3.27. The van der Waals surface area contributed by atoms with Crippen LogP contribution in [0.5, 0.6) is 5.75 Å². The van der Waals surface area contributed by atoms with Crippen molar-refractivity contribution in [1.29, 1.82) is 0 Å². The molecule has 2 aromatic heterocycles. The molecule has 4 heterocycles. The lowest BCUT2D eigenvalue weighted by atomic mass is 9.92. The monoisotopic (exact) mass is 405 g/mol. The molecule has 2 fully saturated rings. The molecule has 5 rings (SSSR count). The summed E-state index contributed by atoms with van der Waals surface area (Å²) in [6.45, 7) is 0. The SMILES string of the molecule is COc1ccncc1N1NC2C(CC1=O)NNC2c1ccc(-c2cnn(C)c2)cc1. The van der Waals surface area contributed by atoms with Crippen LogP contribution in [-0.2, 0) is 11.8 Å². The van der Waals surface area contributed by atoms with Gasteiger partial charge in [-0.05, 0) is 11.1 Å². The molecule has 0 saturated carbocycles. The van der Waals surface area contributed by atoms with Crippen LogP contribution in [0.3, 0.4) is 0 Å². The number of benzene rings is 1. The molecule has 9 nitrogen and oxygen atoms in total. The van der Waals surface area contributed by atoms with Crippen LogP contribution in [0, 0.1) is 0 Å². The van der Waals surface area contributed by atoms with Gasteiger partial charge in [-0.3, -0.25) is 19.9 Å². The smallest absolute Gasteiger partial charge is 0.243 e. The zero-order valence-corrected chi connectivity index (χ0v) is 16.7. The molecule has 1 aromatic carbocycles. The molecule has 9 heteroatoms. The summed E-state index contributed by atoms with van der Waals surface area (Å²) in [5.41, 5.74) is 13.9. The van der Waals surface area contributed by atoms with Gasteiger partial charge in [-0.15, -0.1) is 0 Å². The van der Waals surface area contributed by atoms with Gasteiger partial charge in [0.2, 0.25) is 5.91 Å². The summed E-state index contributed by atoms with van der Waals surface area (Å²) in [7, 11) is 3.49. The van der Waals surface area contributed by atoms with E-state index in [0.29, 0.717) is 17.9 Å². The van der Waals surface area contributed by atoms with E-state index in [1.165, 1.54) is 0 Å². The molecule has 30 heavy (non-hydrogen) atoms. The summed E-state index contributed by atoms with van der Waals surface area (Å²) in [6.07, 6.45) is 7.50. The maximum Gasteiger partial charge on any atom is 0.243 e. The first-order chi connectivity index (χ1) is 14.6. The third-order valence-electron chi connectivity index (χ3n) is 5.67. The number of fused-ring (bicyclic) bond motifs is 1. The molecule has 3 aromatic rings. The average molecular weight is 405 g/mol. The van der Waals surface area contributed by atoms with E-state index < -0.39 is 0 Å². The van der Waals surface area contributed by atoms with Gasteiger partial charge in [-0.1, -0.05) is 24.3 Å². The van der Waals surface area contributed by atoms with Crippen molar-refractivity contribution in [3.05, 3.63) is 60.7 Å². The molecule has 0 aliphatic carbocycles. The fourth-order valence-corrected chi connectivity index (χ4v) is 4.11. The number of ether oxygens (including phenoxy) is 1. The summed E-state index contributed by atoms with van der Waals surface area (Å²) in [6, 6.07) is 10.1. The molecule has 0 bridgehead atoms. The number of aryl methyl sites for hydroxylation is 1. The van der Waals surface area contributed by atoms with Gasteiger partial charge >= 0.3 is 0 Å². The topological polar surface area (TPSA) is 96.3 Å². The number of methoxy groups -OCH3 is 1. The van der Waals surface area contributed by atoms with E-state index in [1.807, 2.05) is 19.4 Å². The number of anilines is 1. The Labute approximate surface area is 174 Å². The van der Waals surface area contributed by atoms with E-state index in [0.717, 1.165) is 16.7 Å². The minimum atomic E-state index is -0.0376. The number of aromatic nitrogens is 3. The number of amides is 1. The van der Waals surface area contributed by atoms with Crippen LogP contribution < -0.4 is 26.0 Å². The Balaban J connectivity index is 1.40. The third kappa shape index (κ3) is 3.22. The van der Waals surface area contributed by atoms with Gasteiger partial charge in [0.25, 0.3) is 0 Å². The molecule has 2 aliphatic heterocycles. The van der Waals surface area contributed by atoms with E-state index in [1.54, 1.807) is 35.3 Å². The standard InChI is InChI=1S/C21H23N7O2/c1-27-12-15(10-23-27)13-3-5-14(6-4-13)20-21-16(24-25-20)9-19(29)28(26-21)17-11-22-8-7-18(17)30-2/h3-8,10-12,16,20-21,24-26H,9H2,1-2H3. The number of nitrogens with zero attached hydrogens (tertiary/aromatic N) is 4. The Bertz CT molecular complexity index is 1070. The van der Waals surface area contributed by atoms with Gasteiger partial charge in [0.15, 0.2) is 0 Å². The lowest BCUT2D eigenvalue weighted by Gasteiger charge is -2.37. The molecule has 2 aliphatic rings. The van der Waals surface area contributed by atoms with Crippen molar-refractivity contribution in [2.75, 3.05) is 12.1 Å². The van der Waals surface area contributed by atoms with Gasteiger partial charge in [0, 0.05) is 43.5 Å². The van der Waals surface area contributed by atoms with E-state index >= 15 is 0 Å². The number of nitrogens with one attached hydrogen (secondary N) is 3. The first kappa shape index (κ1) is 18.7. The Morgan fingerprint density at radius 3 is 2.67 bits per heavy atom. The van der Waals surface area contributed by atoms with Crippen molar-refractivity contribution >= 4 is 11.6 Å². The summed E-state index contributed by atoms with van der Waals surface area (Å²) < 4.78 is 7.21. The molecule has 1 amide bonds. The van der Waals surface area contributed by atoms with Gasteiger partial charge in [-0.2, -0.15) is 5.10 Å². The highest BCUT2D eigenvalue weighted by molar-refractivity contribution is 5.95. The second-order valence-electron chi connectivity index (χ2n) is 7.53. The van der Waals surface area contributed by atoms with E-state index in [4.69, 9.17) is 4.74 Å². The predicted molar refractivity (Wildman–Crippen MR) is 111 cm³/mol. The van der Waals surface area contributed by atoms with Crippen molar-refractivity contribution < 1.29 is 9.53 Å². The van der Waals surface area contributed by atoms with Crippen LogP contribution in [0.25, 0.3) is 11.1 Å². The second-order valence-corrected chi connectivity index (χ2v) is 7.53. The number of hydrogen-bond donors (Lipinski definition) is 3. The molecular formula is C21H23N7O2. The lowest BCUT2D eigenvalue weighted by molar-refractivity contribution is -0.121. The van der Waals surface area contributed by atoms with Gasteiger partial charge in [0.05, 0.1) is 31.6 Å². The van der Waals surface area contributed by atoms with Crippen LogP contribution in [0.2, 0.25) is 0 Å². The van der Waals surface area contributed by atoms with E-state index in [-0.39, 0.29) is 24.0 Å². The minimum absolute atomic E-state index is 0.00350. The van der Waals surface area contributed by atoms with Gasteiger partial charge < -0.3 is 4.74 Å². The maximum absolute atomic E-state index is 12.8. The van der Waals surface area contributed by atoms with Crippen molar-refractivity contribution in [1.82, 2.24) is 31.0 Å². The van der Waals surface area contributed by atoms with Crippen molar-refractivity contribution in [2.24, 2.45) is 7.05 Å². The quantitative estimate of drug-likeness (QED) is 0.602. The molecule has 3 N–H and O–H groups in total. The highest BCUT2D eigenvalue weighted by atomic mass is 16.5. The average Bonchev–Trinajstić information content (AvgIpc) is 3.39. The van der Waals surface area contributed by atoms with Crippen molar-refractivity contribution in [3.63, 3.8) is 0 Å². The van der Waals surface area contributed by atoms with Crippen LogP contribution in [0.15, 0.2) is 55.1 Å². The first-order valence-corrected chi connectivity index (χ1v) is 9.81. The number of hydrogen-bond acceptors (Lipinski definition) is 7. The summed E-state index contributed by atoms with van der Waals surface area (Å²) in [4.78, 5) is 16.9. The van der Waals surface area contributed by atoms with Crippen LogP contribution in [0.1, 0.15) is 18.0 Å². The summed E-state index contributed by atoms with van der Waals surface area (Å²) in [5, 5.41) is 5.79. The third-order valence-corrected chi connectivity index (χ3v) is 5.67. The van der Waals surface area contributed by atoms with Crippen LogP contribution >= 0.6 is 0 Å². The number of carbonyl (C=O) groups excluding carboxylic acids is 1. The normalized spacial score (nSPS) is 23.5. The largest absolute Gasteiger partial charge is 0.494 e. The molecule has 3 atom stereocenters. The fourth-order valence-electron chi connectivity index (χ4n) is 4.11. The highest BCUT2D eigenvalue weighted by Gasteiger charge is 2.44. The second kappa shape index (κ2) is 7.52. The zero-order chi connectivity index (χ0) is 20.7. The Morgan fingerprint density at radius 1 is 1.10 bits per heavy atom. The van der Waals surface area contributed by atoms with E-state index in [2.05, 4.69) is 50.6 Å². The van der Waals surface area contributed by atoms with Crippen molar-refractivity contribution in [2.45, 2.75) is 24.5 Å². The zero-order valence-electron chi connectivity index (χ0n) is 16.7. The number of hydrazine groups is 2. The Kier molecular flexibility index (Phi) is 4.70. The summed E-state index contributed by atoms with van der Waals surface area (Å²) in [5.74, 6) is 0.560. The number of rotatable bonds is 4. The van der Waals surface area contributed by atoms with Gasteiger partial charge in [-0.25, -0.2) is 15.9 Å². The lowest BCUT2D eigenvalue weighted by Crippen LogP contribution is -2.60. The fraction of sp³-hybridized carbons (Fsp3) is 0.286. The minimum Gasteiger partial charge on any atom is -0.494 e. The maximum atomic E-state index is 12.8. The highest BCUT2D eigenvalue weighted by Crippen LogP contribution is 2.33. The molecule has 0 radical (unpaired) electrons. The summed E-state index contributed by atoms with van der Waals surface area (Å²) >= 11 is 0. The van der Waals surface area contributed by atoms with Crippen LogP contribution in [0.4, 0.5) is 5.69 Å². The predicted octanol–water partition coefficient (Wildman–Crippen LogP) is 1.32. The van der Waals surface area contributed by atoms with E-state index in [9.17, 15) is 4.79 Å². The number of carbonyl (C=O) groups is 1. The van der Waals surface area contributed by atoms with Gasteiger partial charge in [0.1, 0.15) is 11.4 Å². The Morgan fingerprint density at radius 2 is 1.93 bits per heavy atom. The number of pyridine rings is 1. The molecule has 3 unspecified atom stereocenters. The molecule has 2 saturated heterocycles. The van der Waals surface area contributed by atoms with Crippen LogP contribution in [-0.4, -0.2) is 39.9 Å². The molecular weight excluding hydrogens is 382 g/mol. The van der Waals surface area contributed by atoms with Crippen molar-refractivity contribution in [3.8, 4) is 16.9 Å².